The zero-order chi connectivity index (χ0) is 19.8. The fourth-order valence-corrected chi connectivity index (χ4v) is 3.94. The maximum atomic E-state index is 13.5. The van der Waals surface area contributed by atoms with E-state index in [9.17, 15) is 4.79 Å². The number of carbonyl (C=O) groups is 1. The van der Waals surface area contributed by atoms with Gasteiger partial charge in [0.25, 0.3) is 0 Å². The number of ether oxygens (including phenoxy) is 3. The lowest BCUT2D eigenvalue weighted by atomic mass is 9.87. The average Bonchev–Trinajstić information content (AvgIpc) is 2.77. The lowest BCUT2D eigenvalue weighted by Gasteiger charge is -2.33. The van der Waals surface area contributed by atoms with Crippen LogP contribution >= 0.6 is 0 Å². The van der Waals surface area contributed by atoms with E-state index in [1.165, 1.54) is 0 Å². The molecule has 2 aliphatic rings. The molecule has 0 aliphatic carbocycles. The second kappa shape index (κ2) is 7.17. The first-order chi connectivity index (χ1) is 14.2. The highest BCUT2D eigenvalue weighted by atomic mass is 16.6. The number of likely N-dealkylation sites (N-methyl/N-ethyl adjacent to an activating group) is 1. The van der Waals surface area contributed by atoms with E-state index in [2.05, 4.69) is 0 Å². The van der Waals surface area contributed by atoms with Crippen molar-refractivity contribution in [3.05, 3.63) is 83.9 Å². The van der Waals surface area contributed by atoms with Gasteiger partial charge in [0, 0.05) is 18.2 Å². The summed E-state index contributed by atoms with van der Waals surface area (Å²) in [6.45, 7) is 0.852. The topological polar surface area (TPSA) is 48.0 Å². The summed E-state index contributed by atoms with van der Waals surface area (Å²) in [5.41, 5.74) is 1.77. The third kappa shape index (κ3) is 3.18. The van der Waals surface area contributed by atoms with Crippen LogP contribution in [0.3, 0.4) is 0 Å². The molecular weight excluding hydrogens is 366 g/mol. The molecule has 0 bridgehead atoms. The van der Waals surface area contributed by atoms with Crippen LogP contribution in [0.25, 0.3) is 0 Å². The summed E-state index contributed by atoms with van der Waals surface area (Å²) in [4.78, 5) is 15.2. The normalized spacial score (nSPS) is 16.9. The van der Waals surface area contributed by atoms with Crippen molar-refractivity contribution in [2.45, 2.75) is 12.0 Å². The van der Waals surface area contributed by atoms with Gasteiger partial charge in [0.15, 0.2) is 17.6 Å². The zero-order valence-electron chi connectivity index (χ0n) is 16.1. The van der Waals surface area contributed by atoms with Gasteiger partial charge in [0.05, 0.1) is 12.5 Å². The molecule has 5 nitrogen and oxygen atoms in total. The molecule has 2 heterocycles. The Morgan fingerprint density at radius 1 is 0.862 bits per heavy atom. The van der Waals surface area contributed by atoms with E-state index in [4.69, 9.17) is 14.2 Å². The summed E-state index contributed by atoms with van der Waals surface area (Å²) >= 11 is 0. The van der Waals surface area contributed by atoms with Crippen LogP contribution < -0.4 is 14.2 Å². The van der Waals surface area contributed by atoms with Crippen LogP contribution in [0.1, 0.15) is 17.0 Å². The van der Waals surface area contributed by atoms with Gasteiger partial charge in [-0.15, -0.1) is 0 Å². The standard InChI is InChI=1S/C24H21NO4/c1-25(14-16-15-27-21-12-6-7-13-22(21)28-16)24(26)23-17-8-2-4-10-19(17)29-20-11-5-3-9-18(20)23/h2-13,16,23H,14-15H2,1H3. The molecule has 2 aliphatic heterocycles. The molecule has 29 heavy (non-hydrogen) atoms. The molecule has 3 aromatic carbocycles. The van der Waals surface area contributed by atoms with Crippen molar-refractivity contribution >= 4 is 5.91 Å². The van der Waals surface area contributed by atoms with E-state index in [-0.39, 0.29) is 12.0 Å². The van der Waals surface area contributed by atoms with Crippen molar-refractivity contribution in [2.24, 2.45) is 0 Å². The van der Waals surface area contributed by atoms with E-state index < -0.39 is 5.92 Å². The van der Waals surface area contributed by atoms with Crippen LogP contribution in [0, 0.1) is 0 Å². The van der Waals surface area contributed by atoms with Crippen molar-refractivity contribution in [1.29, 1.82) is 0 Å². The van der Waals surface area contributed by atoms with E-state index in [0.29, 0.717) is 18.9 Å². The highest BCUT2D eigenvalue weighted by Gasteiger charge is 2.35. The third-order valence-electron chi connectivity index (χ3n) is 5.35. The fraction of sp³-hybridized carbons (Fsp3) is 0.208. The summed E-state index contributed by atoms with van der Waals surface area (Å²) in [5, 5.41) is 0. The van der Waals surface area contributed by atoms with E-state index in [1.807, 2.05) is 79.8 Å². The minimum Gasteiger partial charge on any atom is -0.486 e. The maximum absolute atomic E-state index is 13.5. The number of hydrogen-bond acceptors (Lipinski definition) is 4. The predicted molar refractivity (Wildman–Crippen MR) is 109 cm³/mol. The minimum absolute atomic E-state index is 0.00987. The minimum atomic E-state index is -0.405. The van der Waals surface area contributed by atoms with Gasteiger partial charge in [-0.05, 0) is 24.3 Å². The summed E-state index contributed by atoms with van der Waals surface area (Å²) in [6.07, 6.45) is -0.218. The quantitative estimate of drug-likeness (QED) is 0.675. The number of benzene rings is 3. The Labute approximate surface area is 169 Å². The zero-order valence-corrected chi connectivity index (χ0v) is 16.1. The Balaban J connectivity index is 1.39. The molecule has 5 heteroatoms. The van der Waals surface area contributed by atoms with Crippen molar-refractivity contribution in [1.82, 2.24) is 4.90 Å². The van der Waals surface area contributed by atoms with E-state index in [1.54, 1.807) is 4.90 Å². The van der Waals surface area contributed by atoms with Crippen LogP contribution in [-0.4, -0.2) is 37.1 Å². The average molecular weight is 387 g/mol. The van der Waals surface area contributed by atoms with Gasteiger partial charge in [-0.1, -0.05) is 48.5 Å². The molecule has 0 fully saturated rings. The number of amides is 1. The van der Waals surface area contributed by atoms with Crippen LogP contribution in [0.5, 0.6) is 23.0 Å². The SMILES string of the molecule is CN(CC1COc2ccccc2O1)C(=O)C1c2ccccc2Oc2ccccc21. The first-order valence-electron chi connectivity index (χ1n) is 9.70. The number of para-hydroxylation sites is 4. The van der Waals surface area contributed by atoms with Gasteiger partial charge in [0.2, 0.25) is 5.91 Å². The molecule has 146 valence electrons. The predicted octanol–water partition coefficient (Wildman–Crippen LogP) is 4.22. The smallest absolute Gasteiger partial charge is 0.234 e. The second-order valence-electron chi connectivity index (χ2n) is 7.33. The molecule has 3 aromatic rings. The van der Waals surface area contributed by atoms with E-state index >= 15 is 0 Å². The molecule has 0 radical (unpaired) electrons. The molecule has 0 saturated heterocycles. The highest BCUT2D eigenvalue weighted by molar-refractivity contribution is 5.89. The Hall–Kier alpha value is -3.47. The third-order valence-corrected chi connectivity index (χ3v) is 5.35. The monoisotopic (exact) mass is 387 g/mol. The van der Waals surface area contributed by atoms with Gasteiger partial charge in [0.1, 0.15) is 18.1 Å². The summed E-state index contributed by atoms with van der Waals surface area (Å²) in [5.74, 6) is 2.51. The molecule has 1 amide bonds. The number of nitrogens with zero attached hydrogens (tertiary/aromatic N) is 1. The van der Waals surface area contributed by atoms with Crippen molar-refractivity contribution < 1.29 is 19.0 Å². The summed E-state index contributed by atoms with van der Waals surface area (Å²) in [7, 11) is 1.81. The Morgan fingerprint density at radius 3 is 2.07 bits per heavy atom. The number of carbonyl (C=O) groups excluding carboxylic acids is 1. The van der Waals surface area contributed by atoms with Crippen LogP contribution in [-0.2, 0) is 4.79 Å². The maximum Gasteiger partial charge on any atom is 0.234 e. The summed E-state index contributed by atoms with van der Waals surface area (Å²) < 4.78 is 17.8. The molecule has 5 rings (SSSR count). The Kier molecular flexibility index (Phi) is 4.35. The van der Waals surface area contributed by atoms with Crippen LogP contribution in [0.4, 0.5) is 0 Å². The first-order valence-corrected chi connectivity index (χ1v) is 9.70. The first kappa shape index (κ1) is 17.6. The summed E-state index contributed by atoms with van der Waals surface area (Å²) in [6, 6.07) is 23.0. The highest BCUT2D eigenvalue weighted by Crippen LogP contribution is 2.44. The number of fused-ring (bicyclic) bond motifs is 3. The second-order valence-corrected chi connectivity index (χ2v) is 7.33. The fourth-order valence-electron chi connectivity index (χ4n) is 3.94. The molecule has 0 aromatic heterocycles. The Bertz CT molecular complexity index is 1020. The number of hydrogen-bond donors (Lipinski definition) is 0. The lowest BCUT2D eigenvalue weighted by molar-refractivity contribution is -0.132. The Morgan fingerprint density at radius 2 is 1.41 bits per heavy atom. The van der Waals surface area contributed by atoms with Gasteiger partial charge in [-0.2, -0.15) is 0 Å². The van der Waals surface area contributed by atoms with Gasteiger partial charge >= 0.3 is 0 Å². The lowest BCUT2D eigenvalue weighted by Crippen LogP contribution is -2.43. The van der Waals surface area contributed by atoms with E-state index in [0.717, 1.165) is 28.4 Å². The molecular formula is C24H21NO4. The van der Waals surface area contributed by atoms with Crippen LogP contribution in [0.15, 0.2) is 72.8 Å². The molecule has 0 N–H and O–H groups in total. The molecule has 0 saturated carbocycles. The van der Waals surface area contributed by atoms with Gasteiger partial charge < -0.3 is 19.1 Å². The molecule has 1 unspecified atom stereocenters. The van der Waals surface area contributed by atoms with Gasteiger partial charge in [-0.25, -0.2) is 0 Å². The largest absolute Gasteiger partial charge is 0.486 e. The van der Waals surface area contributed by atoms with Crippen LogP contribution in [0.2, 0.25) is 0 Å². The van der Waals surface area contributed by atoms with Gasteiger partial charge in [-0.3, -0.25) is 4.79 Å². The molecule has 1 atom stereocenters. The molecule has 0 spiro atoms. The van der Waals surface area contributed by atoms with Crippen molar-refractivity contribution in [2.75, 3.05) is 20.2 Å². The number of rotatable bonds is 3. The van der Waals surface area contributed by atoms with Crippen molar-refractivity contribution in [3.8, 4) is 23.0 Å². The van der Waals surface area contributed by atoms with Crippen molar-refractivity contribution in [3.63, 3.8) is 0 Å².